The highest BCUT2D eigenvalue weighted by molar-refractivity contribution is 7.99. The Kier molecular flexibility index (Phi) is 5.94. The summed E-state index contributed by atoms with van der Waals surface area (Å²) in [6, 6.07) is 0.496. The lowest BCUT2D eigenvalue weighted by Crippen LogP contribution is -2.33. The third kappa shape index (κ3) is 4.47. The van der Waals surface area contributed by atoms with E-state index in [4.69, 9.17) is 4.74 Å². The average Bonchev–Trinajstić information content (AvgIpc) is 3.21. The third-order valence-corrected chi connectivity index (χ3v) is 5.60. The number of nitrogens with one attached hydrogen (secondary N) is 1. The molecule has 0 spiro atoms. The second-order valence-electron chi connectivity index (χ2n) is 6.42. The van der Waals surface area contributed by atoms with E-state index >= 15 is 0 Å². The third-order valence-electron chi connectivity index (χ3n) is 4.66. The molecular weight excluding hydrogens is 312 g/mol. The zero-order valence-electron chi connectivity index (χ0n) is 13.8. The van der Waals surface area contributed by atoms with Gasteiger partial charge in [0, 0.05) is 19.2 Å². The fraction of sp³-hybridized carbons (Fsp3) is 0.812. The van der Waals surface area contributed by atoms with E-state index in [1.165, 1.54) is 43.9 Å². The lowest BCUT2D eigenvalue weighted by atomic mass is 9.95. The van der Waals surface area contributed by atoms with Gasteiger partial charge in [0.2, 0.25) is 5.91 Å². The van der Waals surface area contributed by atoms with Crippen LogP contribution in [0, 0.1) is 6.92 Å². The van der Waals surface area contributed by atoms with Crippen molar-refractivity contribution in [1.82, 2.24) is 20.1 Å². The Morgan fingerprint density at radius 2 is 2.09 bits per heavy atom. The van der Waals surface area contributed by atoms with Crippen molar-refractivity contribution < 1.29 is 9.53 Å². The second kappa shape index (κ2) is 8.15. The predicted octanol–water partition coefficient (Wildman–Crippen LogP) is 2.48. The van der Waals surface area contributed by atoms with Gasteiger partial charge in [-0.15, -0.1) is 10.2 Å². The highest BCUT2D eigenvalue weighted by atomic mass is 32.2. The van der Waals surface area contributed by atoms with Crippen LogP contribution in [0.4, 0.5) is 0 Å². The van der Waals surface area contributed by atoms with E-state index in [-0.39, 0.29) is 12.0 Å². The van der Waals surface area contributed by atoms with E-state index < -0.39 is 0 Å². The average molecular weight is 338 g/mol. The van der Waals surface area contributed by atoms with Crippen LogP contribution in [0.15, 0.2) is 5.16 Å². The van der Waals surface area contributed by atoms with Gasteiger partial charge in [0.25, 0.3) is 0 Å². The van der Waals surface area contributed by atoms with E-state index in [2.05, 4.69) is 20.1 Å². The number of aromatic nitrogens is 3. The molecule has 2 aliphatic rings. The van der Waals surface area contributed by atoms with Gasteiger partial charge < -0.3 is 14.6 Å². The van der Waals surface area contributed by atoms with Crippen molar-refractivity contribution in [3.8, 4) is 0 Å². The zero-order valence-corrected chi connectivity index (χ0v) is 14.6. The molecule has 1 N–H and O–H groups in total. The minimum Gasteiger partial charge on any atom is -0.376 e. The van der Waals surface area contributed by atoms with Crippen molar-refractivity contribution >= 4 is 17.7 Å². The first-order valence-corrected chi connectivity index (χ1v) is 9.65. The van der Waals surface area contributed by atoms with Crippen molar-refractivity contribution in [2.45, 2.75) is 69.2 Å². The standard InChI is InChI=1S/C16H26N4O2S/c1-12-18-19-16(20(12)13-6-3-2-4-7-13)23-11-15(21)17-10-14-8-5-9-22-14/h13-14H,2-11H2,1H3,(H,17,21). The van der Waals surface area contributed by atoms with Crippen molar-refractivity contribution in [1.29, 1.82) is 0 Å². The molecule has 6 nitrogen and oxygen atoms in total. The summed E-state index contributed by atoms with van der Waals surface area (Å²) in [5, 5.41) is 12.3. The van der Waals surface area contributed by atoms with Gasteiger partial charge in [-0.3, -0.25) is 4.79 Å². The Morgan fingerprint density at radius 1 is 1.26 bits per heavy atom. The normalized spacial score (nSPS) is 22.4. The minimum atomic E-state index is 0.0429. The van der Waals surface area contributed by atoms with Crippen LogP contribution in [0.25, 0.3) is 0 Å². The van der Waals surface area contributed by atoms with E-state index in [1.807, 2.05) is 6.92 Å². The van der Waals surface area contributed by atoms with Crippen LogP contribution < -0.4 is 5.32 Å². The van der Waals surface area contributed by atoms with Crippen LogP contribution in [-0.2, 0) is 9.53 Å². The predicted molar refractivity (Wildman–Crippen MR) is 89.6 cm³/mol. The Labute approximate surface area is 141 Å². The lowest BCUT2D eigenvalue weighted by Gasteiger charge is -2.24. The number of ether oxygens (including phenoxy) is 1. The number of carbonyl (C=O) groups excluding carboxylic acids is 1. The Balaban J connectivity index is 1.50. The van der Waals surface area contributed by atoms with Crippen LogP contribution in [0.3, 0.4) is 0 Å². The largest absolute Gasteiger partial charge is 0.376 e. The van der Waals surface area contributed by atoms with Gasteiger partial charge in [0.1, 0.15) is 5.82 Å². The van der Waals surface area contributed by atoms with E-state index in [0.29, 0.717) is 18.3 Å². The Hall–Kier alpha value is -1.08. The molecule has 3 rings (SSSR count). The molecule has 0 radical (unpaired) electrons. The number of thioether (sulfide) groups is 1. The molecule has 1 amide bonds. The topological polar surface area (TPSA) is 69.0 Å². The molecule has 1 aliphatic heterocycles. The van der Waals surface area contributed by atoms with Crippen LogP contribution in [0.1, 0.15) is 56.8 Å². The summed E-state index contributed by atoms with van der Waals surface area (Å²) in [6.45, 7) is 3.44. The first-order valence-electron chi connectivity index (χ1n) is 8.66. The van der Waals surface area contributed by atoms with Gasteiger partial charge >= 0.3 is 0 Å². The minimum absolute atomic E-state index is 0.0429. The molecule has 1 aromatic heterocycles. The molecular formula is C16H26N4O2S. The highest BCUT2D eigenvalue weighted by Crippen LogP contribution is 2.32. The summed E-state index contributed by atoms with van der Waals surface area (Å²) >= 11 is 1.49. The molecule has 0 aromatic carbocycles. The van der Waals surface area contributed by atoms with E-state index in [9.17, 15) is 4.79 Å². The van der Waals surface area contributed by atoms with Crippen LogP contribution in [-0.4, -0.2) is 45.7 Å². The fourth-order valence-electron chi connectivity index (χ4n) is 3.42. The molecule has 1 unspecified atom stereocenters. The molecule has 1 aliphatic carbocycles. The number of carbonyl (C=O) groups is 1. The first-order chi connectivity index (χ1) is 11.2. The Bertz CT molecular complexity index is 522. The smallest absolute Gasteiger partial charge is 0.230 e. The number of amides is 1. The van der Waals surface area contributed by atoms with Crippen molar-refractivity contribution in [2.24, 2.45) is 0 Å². The maximum absolute atomic E-state index is 12.0. The number of hydrogen-bond donors (Lipinski definition) is 1. The molecule has 128 valence electrons. The van der Waals surface area contributed by atoms with Crippen LogP contribution in [0.2, 0.25) is 0 Å². The fourth-order valence-corrected chi connectivity index (χ4v) is 4.30. The number of aryl methyl sites for hydroxylation is 1. The summed E-state index contributed by atoms with van der Waals surface area (Å²) in [5.41, 5.74) is 0. The van der Waals surface area contributed by atoms with Gasteiger partial charge in [-0.25, -0.2) is 0 Å². The zero-order chi connectivity index (χ0) is 16.1. The second-order valence-corrected chi connectivity index (χ2v) is 7.36. The molecule has 7 heteroatoms. The summed E-state index contributed by atoms with van der Waals surface area (Å²) in [6.07, 6.45) is 8.59. The summed E-state index contributed by atoms with van der Waals surface area (Å²) in [5.74, 6) is 1.39. The maximum atomic E-state index is 12.0. The highest BCUT2D eigenvalue weighted by Gasteiger charge is 2.22. The maximum Gasteiger partial charge on any atom is 0.230 e. The molecule has 2 fully saturated rings. The molecule has 0 bridgehead atoms. The molecule has 1 aromatic rings. The molecule has 2 heterocycles. The number of rotatable bonds is 6. The van der Waals surface area contributed by atoms with Crippen molar-refractivity contribution in [3.63, 3.8) is 0 Å². The SMILES string of the molecule is Cc1nnc(SCC(=O)NCC2CCCO2)n1C1CCCCC1. The number of hydrogen-bond acceptors (Lipinski definition) is 5. The summed E-state index contributed by atoms with van der Waals surface area (Å²) in [7, 11) is 0. The Morgan fingerprint density at radius 3 is 2.83 bits per heavy atom. The van der Waals surface area contributed by atoms with Gasteiger partial charge in [0.05, 0.1) is 11.9 Å². The lowest BCUT2D eigenvalue weighted by molar-refractivity contribution is -0.119. The van der Waals surface area contributed by atoms with E-state index in [0.717, 1.165) is 30.4 Å². The van der Waals surface area contributed by atoms with Crippen molar-refractivity contribution in [3.05, 3.63) is 5.82 Å². The van der Waals surface area contributed by atoms with Gasteiger partial charge in [-0.2, -0.15) is 0 Å². The molecule has 1 saturated heterocycles. The van der Waals surface area contributed by atoms with Gasteiger partial charge in [-0.1, -0.05) is 31.0 Å². The molecule has 1 saturated carbocycles. The number of nitrogens with zero attached hydrogens (tertiary/aromatic N) is 3. The van der Waals surface area contributed by atoms with Crippen LogP contribution in [0.5, 0.6) is 0 Å². The van der Waals surface area contributed by atoms with Crippen LogP contribution >= 0.6 is 11.8 Å². The quantitative estimate of drug-likeness (QED) is 0.807. The van der Waals surface area contributed by atoms with Gasteiger partial charge in [0.15, 0.2) is 5.16 Å². The molecule has 23 heavy (non-hydrogen) atoms. The first kappa shape index (κ1) is 16.8. The van der Waals surface area contributed by atoms with Crippen molar-refractivity contribution in [2.75, 3.05) is 18.9 Å². The van der Waals surface area contributed by atoms with Gasteiger partial charge in [-0.05, 0) is 32.6 Å². The monoisotopic (exact) mass is 338 g/mol. The summed E-state index contributed by atoms with van der Waals surface area (Å²) in [4.78, 5) is 12.0. The molecule has 1 atom stereocenters. The summed E-state index contributed by atoms with van der Waals surface area (Å²) < 4.78 is 7.75. The van der Waals surface area contributed by atoms with E-state index in [1.54, 1.807) is 0 Å².